The molecule has 0 aromatic carbocycles. The molecular weight excluding hydrogens is 1010 g/mol. The van der Waals surface area contributed by atoms with Crippen LogP contribution in [0.1, 0.15) is 284 Å². The van der Waals surface area contributed by atoms with Crippen LogP contribution in [-0.4, -0.2) is 87.5 Å². The third kappa shape index (κ3) is 48.9. The number of amides is 1. The average Bonchev–Trinajstić information content (AvgIpc) is 3.49. The van der Waals surface area contributed by atoms with E-state index in [1.807, 2.05) is 6.08 Å². The van der Waals surface area contributed by atoms with E-state index < -0.39 is 49.5 Å². The predicted molar refractivity (Wildman–Crippen MR) is 345 cm³/mol. The summed E-state index contributed by atoms with van der Waals surface area (Å²) in [5.74, 6) is -0.177. The van der Waals surface area contributed by atoms with Gasteiger partial charge >= 0.3 is 0 Å². The van der Waals surface area contributed by atoms with Gasteiger partial charge in [-0.05, 0) is 83.5 Å². The maximum absolute atomic E-state index is 13.1. The van der Waals surface area contributed by atoms with Crippen molar-refractivity contribution in [2.24, 2.45) is 0 Å². The first-order chi connectivity index (χ1) is 39.8. The van der Waals surface area contributed by atoms with Crippen LogP contribution < -0.4 is 5.32 Å². The number of hydrogen-bond acceptors (Lipinski definition) is 8. The number of nitrogens with one attached hydrogen (secondary N) is 1. The van der Waals surface area contributed by atoms with Crippen molar-refractivity contribution in [1.82, 2.24) is 5.32 Å². The molecule has 1 saturated heterocycles. The quantitative estimate of drug-likeness (QED) is 0.0261. The predicted octanol–water partition coefficient (Wildman–Crippen LogP) is 18.1. The fraction of sp³-hybridized carbons (Fsp3) is 0.736. The van der Waals surface area contributed by atoms with E-state index in [-0.39, 0.29) is 12.5 Å². The molecule has 6 N–H and O–H groups in total. The number of hydrogen-bond donors (Lipinski definition) is 6. The Morgan fingerprint density at radius 1 is 0.432 bits per heavy atom. The zero-order valence-electron chi connectivity index (χ0n) is 52.0. The summed E-state index contributed by atoms with van der Waals surface area (Å²) >= 11 is 0. The van der Waals surface area contributed by atoms with Gasteiger partial charge in [0.15, 0.2) is 6.29 Å². The van der Waals surface area contributed by atoms with Crippen molar-refractivity contribution in [2.45, 2.75) is 326 Å². The Balaban J connectivity index is 2.09. The first-order valence-corrected chi connectivity index (χ1v) is 33.6. The highest BCUT2D eigenvalue weighted by Gasteiger charge is 2.44. The molecule has 0 aliphatic carbocycles. The van der Waals surface area contributed by atoms with Gasteiger partial charge in [0, 0.05) is 6.42 Å². The molecule has 1 aliphatic rings. The van der Waals surface area contributed by atoms with Gasteiger partial charge < -0.3 is 40.3 Å². The van der Waals surface area contributed by atoms with Gasteiger partial charge in [0.1, 0.15) is 24.4 Å². The second-order valence-corrected chi connectivity index (χ2v) is 22.9. The van der Waals surface area contributed by atoms with Gasteiger partial charge in [-0.25, -0.2) is 0 Å². The van der Waals surface area contributed by atoms with E-state index in [2.05, 4.69) is 116 Å². The van der Waals surface area contributed by atoms with Crippen molar-refractivity contribution >= 4 is 5.91 Å². The van der Waals surface area contributed by atoms with E-state index in [0.717, 1.165) is 89.9 Å². The first kappa shape index (κ1) is 75.9. The smallest absolute Gasteiger partial charge is 0.220 e. The molecule has 0 spiro atoms. The maximum Gasteiger partial charge on any atom is 0.220 e. The van der Waals surface area contributed by atoms with Crippen LogP contribution in [0.25, 0.3) is 0 Å². The summed E-state index contributed by atoms with van der Waals surface area (Å²) in [6.45, 7) is 3.68. The van der Waals surface area contributed by atoms with Crippen molar-refractivity contribution in [2.75, 3.05) is 13.2 Å². The summed E-state index contributed by atoms with van der Waals surface area (Å²) in [4.78, 5) is 13.1. The third-order valence-electron chi connectivity index (χ3n) is 15.4. The highest BCUT2D eigenvalue weighted by Crippen LogP contribution is 2.23. The molecule has 1 heterocycles. The van der Waals surface area contributed by atoms with Gasteiger partial charge in [-0.3, -0.25) is 4.79 Å². The second kappa shape index (κ2) is 60.0. The molecule has 9 nitrogen and oxygen atoms in total. The molecule has 9 heteroatoms. The molecule has 1 amide bonds. The number of aliphatic hydroxyl groups is 5. The van der Waals surface area contributed by atoms with E-state index in [4.69, 9.17) is 9.47 Å². The van der Waals surface area contributed by atoms with Crippen molar-refractivity contribution < 1.29 is 39.8 Å². The summed E-state index contributed by atoms with van der Waals surface area (Å²) in [6, 6.07) is -0.810. The van der Waals surface area contributed by atoms with Crippen LogP contribution in [0, 0.1) is 0 Å². The Hall–Kier alpha value is -3.15. The van der Waals surface area contributed by atoms with Gasteiger partial charge in [-0.2, -0.15) is 0 Å². The third-order valence-corrected chi connectivity index (χ3v) is 15.4. The van der Waals surface area contributed by atoms with E-state index in [9.17, 15) is 30.3 Å². The minimum atomic E-state index is -1.57. The monoisotopic (exact) mass is 1130 g/mol. The standard InChI is InChI=1S/C72H125NO8/c1-3-5-7-9-11-13-15-17-19-21-22-23-24-25-26-27-28-29-30-31-32-33-34-35-36-37-38-39-40-41-42-43-44-46-48-50-52-54-56-58-60-62-68(76)73-65(64-80-72-71(79)70(78)69(77)67(63-74)81-72)66(75)61-59-57-55-53-51-49-47-45-20-18-16-14-12-10-8-6-4-2/h5,7,11,13,17,19,22-23,25-26,28-29,31-32,34-35,59,61,65-67,69-72,74-75,77-79H,3-4,6,8-10,12,14-16,18,20-21,24,27,30,33,36-58,60,62-64H2,1-2H3,(H,73,76)/b7-5-,13-11-,19-17-,23-22-,26-25-,29-28-,32-31-,35-34-,61-59+. The first-order valence-electron chi connectivity index (χ1n) is 33.6. The van der Waals surface area contributed by atoms with Crippen LogP contribution in [0.5, 0.6) is 0 Å². The lowest BCUT2D eigenvalue weighted by Gasteiger charge is -2.40. The molecule has 7 atom stereocenters. The largest absolute Gasteiger partial charge is 0.394 e. The van der Waals surface area contributed by atoms with Crippen LogP contribution in [0.3, 0.4) is 0 Å². The molecule has 0 saturated carbocycles. The Morgan fingerprint density at radius 2 is 0.765 bits per heavy atom. The summed E-state index contributed by atoms with van der Waals surface area (Å²) in [6.07, 6.45) is 81.8. The molecule has 81 heavy (non-hydrogen) atoms. The molecule has 1 rings (SSSR count). The molecule has 0 radical (unpaired) electrons. The molecule has 0 aromatic heterocycles. The minimum Gasteiger partial charge on any atom is -0.394 e. The van der Waals surface area contributed by atoms with Gasteiger partial charge in [-0.1, -0.05) is 303 Å². The van der Waals surface area contributed by atoms with E-state index in [0.29, 0.717) is 6.42 Å². The lowest BCUT2D eigenvalue weighted by atomic mass is 9.99. The van der Waals surface area contributed by atoms with Gasteiger partial charge in [-0.15, -0.1) is 0 Å². The Kier molecular flexibility index (Phi) is 56.2. The number of allylic oxidation sites excluding steroid dienone is 17. The number of carbonyl (C=O) groups is 1. The van der Waals surface area contributed by atoms with Gasteiger partial charge in [0.05, 0.1) is 25.4 Å². The molecule has 0 bridgehead atoms. The van der Waals surface area contributed by atoms with Crippen LogP contribution >= 0.6 is 0 Å². The zero-order chi connectivity index (χ0) is 58.6. The van der Waals surface area contributed by atoms with E-state index in [1.165, 1.54) is 173 Å². The minimum absolute atomic E-state index is 0.177. The average molecular weight is 1130 g/mol. The number of unbranched alkanes of at least 4 members (excludes halogenated alkanes) is 31. The summed E-state index contributed by atoms with van der Waals surface area (Å²) in [7, 11) is 0. The van der Waals surface area contributed by atoms with Crippen molar-refractivity contribution in [1.29, 1.82) is 0 Å². The van der Waals surface area contributed by atoms with Crippen LogP contribution in [0.15, 0.2) is 109 Å². The lowest BCUT2D eigenvalue weighted by molar-refractivity contribution is -0.302. The fourth-order valence-corrected chi connectivity index (χ4v) is 10.1. The zero-order valence-corrected chi connectivity index (χ0v) is 52.0. The molecule has 466 valence electrons. The number of rotatable bonds is 57. The highest BCUT2D eigenvalue weighted by molar-refractivity contribution is 5.76. The normalized spacial score (nSPS) is 19.1. The topological polar surface area (TPSA) is 149 Å². The number of carbonyl (C=O) groups excluding carboxylic acids is 1. The lowest BCUT2D eigenvalue weighted by Crippen LogP contribution is -2.60. The van der Waals surface area contributed by atoms with Crippen LogP contribution in [0.2, 0.25) is 0 Å². The highest BCUT2D eigenvalue weighted by atomic mass is 16.7. The molecule has 7 unspecified atom stereocenters. The summed E-state index contributed by atoms with van der Waals surface area (Å²) in [5, 5.41) is 54.6. The SMILES string of the molecule is CC/C=C\C/C=C\C/C=C\C/C=C\C/C=C\C/C=C\C/C=C\C/C=C\CCCCCCCCCCCCCCCCCCC(=O)NC(COC1OC(CO)C(O)C(O)C1O)C(O)/C=C/CCCCCCCCCCCCCCCCC. The molecule has 1 aliphatic heterocycles. The van der Waals surface area contributed by atoms with Crippen LogP contribution in [-0.2, 0) is 14.3 Å². The molecular formula is C72H125NO8. The van der Waals surface area contributed by atoms with E-state index >= 15 is 0 Å². The summed E-state index contributed by atoms with van der Waals surface area (Å²) in [5.41, 5.74) is 0. The van der Waals surface area contributed by atoms with Crippen molar-refractivity contribution in [3.8, 4) is 0 Å². The van der Waals surface area contributed by atoms with E-state index in [1.54, 1.807) is 6.08 Å². The summed E-state index contributed by atoms with van der Waals surface area (Å²) < 4.78 is 11.3. The number of ether oxygens (including phenoxy) is 2. The van der Waals surface area contributed by atoms with Gasteiger partial charge in [0.25, 0.3) is 0 Å². The molecule has 1 fully saturated rings. The van der Waals surface area contributed by atoms with Crippen molar-refractivity contribution in [3.63, 3.8) is 0 Å². The van der Waals surface area contributed by atoms with Crippen molar-refractivity contribution in [3.05, 3.63) is 109 Å². The van der Waals surface area contributed by atoms with Crippen LogP contribution in [0.4, 0.5) is 0 Å². The Labute approximate surface area is 497 Å². The maximum atomic E-state index is 13.1. The second-order valence-electron chi connectivity index (χ2n) is 22.9. The van der Waals surface area contributed by atoms with Gasteiger partial charge in [0.2, 0.25) is 5.91 Å². The Morgan fingerprint density at radius 3 is 1.14 bits per heavy atom. The number of aliphatic hydroxyl groups excluding tert-OH is 5. The Bertz CT molecular complexity index is 1640. The fourth-order valence-electron chi connectivity index (χ4n) is 10.1. The molecule has 0 aromatic rings.